The van der Waals surface area contributed by atoms with Crippen LogP contribution in [0.1, 0.15) is 27.0 Å². The second kappa shape index (κ2) is 13.9. The van der Waals surface area contributed by atoms with Gasteiger partial charge in [-0.2, -0.15) is 0 Å². The van der Waals surface area contributed by atoms with Crippen molar-refractivity contribution in [1.29, 1.82) is 0 Å². The summed E-state index contributed by atoms with van der Waals surface area (Å²) in [6.07, 6.45) is 0. The minimum Gasteiger partial charge on any atom is -0.136 e. The first-order valence-corrected chi connectivity index (χ1v) is 52.6. The van der Waals surface area contributed by atoms with Gasteiger partial charge in [0, 0.05) is 56.5 Å². The van der Waals surface area contributed by atoms with Crippen LogP contribution in [0, 0.1) is 11.1 Å². The molecule has 46 heavy (non-hydrogen) atoms. The highest BCUT2D eigenvalue weighted by molar-refractivity contribution is 9.52. The minimum absolute atomic E-state index is 0.342. The molecular weight excluding hydrogens is 833 g/mol. The summed E-state index contributed by atoms with van der Waals surface area (Å²) in [6.45, 7) is 63.8. The molecule has 0 amide bonds. The number of benzene rings is 1. The van der Waals surface area contributed by atoms with Gasteiger partial charge in [0.2, 0.25) is 0 Å². The van der Waals surface area contributed by atoms with Gasteiger partial charge < -0.3 is 0 Å². The van der Waals surface area contributed by atoms with Gasteiger partial charge in [0.1, 0.15) is 8.07 Å². The first-order valence-electron chi connectivity index (χ1n) is 17.8. The van der Waals surface area contributed by atoms with Crippen LogP contribution in [0.3, 0.4) is 0 Å². The van der Waals surface area contributed by atoms with Crippen molar-refractivity contribution >= 4 is 106 Å². The van der Waals surface area contributed by atoms with Crippen LogP contribution in [-0.2, 0) is 4.28 Å². The SMILES string of the molecule is C[Si](C)(C)C#C[Si](Br)(Br)c1c(C([Si](C)(C)C)[Si](C)(C)C)cc(C([Si](C)(C)C)([Si](C)(C)C)[Si](C)(C)C)cc1C([Si](C)(C)C)[Si](C)(C)C. The molecule has 0 aliphatic heterocycles. The molecule has 1 rings (SSSR count). The van der Waals surface area contributed by atoms with Gasteiger partial charge in [0.25, 0.3) is 0 Å². The van der Waals surface area contributed by atoms with Crippen LogP contribution >= 0.6 is 30.6 Å². The molecule has 0 atom stereocenters. The quantitative estimate of drug-likeness (QED) is 0.118. The summed E-state index contributed by atoms with van der Waals surface area (Å²) in [5.41, 5.74) is 13.2. The van der Waals surface area contributed by atoms with E-state index in [4.69, 9.17) is 0 Å². The topological polar surface area (TPSA) is 0 Å². The Hall–Kier alpha value is 1.69. The average molecular weight is 910 g/mol. The van der Waals surface area contributed by atoms with Gasteiger partial charge in [-0.05, 0) is 36.5 Å². The van der Waals surface area contributed by atoms with Crippen LogP contribution in [0.25, 0.3) is 0 Å². The number of halogens is 2. The predicted molar refractivity (Wildman–Crippen MR) is 251 cm³/mol. The van der Waals surface area contributed by atoms with Gasteiger partial charge in [-0.25, -0.2) is 0 Å². The van der Waals surface area contributed by atoms with E-state index < -0.39 is 69.9 Å². The fraction of sp³-hybridized carbons (Fsp3) is 0.771. The molecule has 266 valence electrons. The maximum atomic E-state index is 4.53. The summed E-state index contributed by atoms with van der Waals surface area (Å²) in [7, 11) is -13.3. The number of hydrogen-bond donors (Lipinski definition) is 0. The Balaban J connectivity index is 5.18. The van der Waals surface area contributed by atoms with E-state index in [0.29, 0.717) is 14.6 Å². The number of hydrogen-bond acceptors (Lipinski definition) is 0. The second-order valence-electron chi connectivity index (χ2n) is 22.9. The van der Waals surface area contributed by atoms with Crippen molar-refractivity contribution in [3.63, 3.8) is 0 Å². The number of rotatable bonds is 11. The lowest BCUT2D eigenvalue weighted by Gasteiger charge is -2.60. The van der Waals surface area contributed by atoms with Crippen LogP contribution in [0.15, 0.2) is 12.1 Å². The molecule has 0 nitrogen and oxygen atoms in total. The van der Waals surface area contributed by atoms with Crippen molar-refractivity contribution in [2.24, 2.45) is 0 Å². The molecule has 0 saturated heterocycles. The second-order valence-corrected chi connectivity index (χ2v) is 79.6. The van der Waals surface area contributed by atoms with E-state index in [1.54, 1.807) is 21.9 Å². The van der Waals surface area contributed by atoms with Crippen molar-refractivity contribution in [2.75, 3.05) is 0 Å². The summed E-state index contributed by atoms with van der Waals surface area (Å²) >= 11 is 9.07. The standard InChI is InChI=1S/C35H76Br2Si9/c1-38(2,3)25-26-46(36,37)32-30(33(39(4,5)6)40(7,8)9)27-29(28-31(32)34(41(10,11)12)42(13,14)15)35(43(16,17)18,44(19,20)21)45(22,23)24/h27-28,33-34H,1-24H3. The van der Waals surface area contributed by atoms with E-state index in [2.05, 4.69) is 211 Å². The molecule has 0 radical (unpaired) electrons. The molecule has 0 N–H and O–H groups in total. The Morgan fingerprint density at radius 2 is 0.717 bits per heavy atom. The van der Waals surface area contributed by atoms with E-state index in [1.165, 1.54) is 0 Å². The highest BCUT2D eigenvalue weighted by Crippen LogP contribution is 2.52. The van der Waals surface area contributed by atoms with Crippen LogP contribution in [0.5, 0.6) is 0 Å². The molecule has 0 unspecified atom stereocenters. The largest absolute Gasteiger partial charge is 0.305 e. The highest BCUT2D eigenvalue weighted by Gasteiger charge is 2.61. The molecule has 1 aromatic rings. The molecule has 0 heterocycles. The first kappa shape index (κ1) is 45.7. The maximum absolute atomic E-state index is 4.53. The lowest BCUT2D eigenvalue weighted by atomic mass is 10.1. The third kappa shape index (κ3) is 9.97. The third-order valence-electron chi connectivity index (χ3n) is 10.0. The van der Waals surface area contributed by atoms with Crippen molar-refractivity contribution < 1.29 is 0 Å². The summed E-state index contributed by atoms with van der Waals surface area (Å²) in [6, 6.07) is 5.81. The Kier molecular flexibility index (Phi) is 13.8. The fourth-order valence-electron chi connectivity index (χ4n) is 11.2. The zero-order chi connectivity index (χ0) is 37.3. The van der Waals surface area contributed by atoms with Gasteiger partial charge in [0.05, 0.1) is 0 Å². The van der Waals surface area contributed by atoms with E-state index in [-0.39, 0.29) is 0 Å². The van der Waals surface area contributed by atoms with Crippen LogP contribution in [-0.4, -0.2) is 69.9 Å². The van der Waals surface area contributed by atoms with Crippen molar-refractivity contribution in [3.05, 3.63) is 28.8 Å². The Bertz CT molecular complexity index is 1180. The van der Waals surface area contributed by atoms with Gasteiger partial charge in [-0.3, -0.25) is 0 Å². The van der Waals surface area contributed by atoms with Crippen molar-refractivity contribution in [2.45, 2.75) is 172 Å². The van der Waals surface area contributed by atoms with Gasteiger partial charge in [0.15, 0.2) is 0 Å². The minimum atomic E-state index is -2.52. The molecule has 0 bridgehead atoms. The molecule has 0 aliphatic carbocycles. The third-order valence-corrected chi connectivity index (χ3v) is 56.0. The van der Waals surface area contributed by atoms with E-state index in [0.717, 1.165) is 0 Å². The zero-order valence-corrected chi connectivity index (χ0v) is 47.2. The van der Waals surface area contributed by atoms with Gasteiger partial charge >= 0.3 is 5.31 Å². The van der Waals surface area contributed by atoms with Crippen LogP contribution in [0.2, 0.25) is 157 Å². The van der Waals surface area contributed by atoms with E-state index in [1.807, 2.05) is 0 Å². The Labute approximate surface area is 314 Å². The molecule has 0 fully saturated rings. The first-order chi connectivity index (χ1) is 19.7. The van der Waals surface area contributed by atoms with Crippen LogP contribution < -0.4 is 5.19 Å². The molecule has 0 spiro atoms. The maximum Gasteiger partial charge on any atom is 0.305 e. The highest BCUT2D eigenvalue weighted by atomic mass is 79.9. The smallest absolute Gasteiger partial charge is 0.136 e. The summed E-state index contributed by atoms with van der Waals surface area (Å²) < 4.78 is 0.342. The van der Waals surface area contributed by atoms with Gasteiger partial charge in [-0.1, -0.05) is 200 Å². The lowest BCUT2D eigenvalue weighted by molar-refractivity contribution is 0.995. The zero-order valence-electron chi connectivity index (χ0n) is 35.1. The Morgan fingerprint density at radius 3 is 0.913 bits per heavy atom. The molecular formula is C35H76Br2Si9. The van der Waals surface area contributed by atoms with Crippen molar-refractivity contribution in [3.8, 4) is 11.1 Å². The van der Waals surface area contributed by atoms with E-state index >= 15 is 0 Å². The summed E-state index contributed by atoms with van der Waals surface area (Å²) in [5.74, 6) is 0. The Morgan fingerprint density at radius 1 is 0.457 bits per heavy atom. The normalized spacial score (nSPS) is 15.4. The molecule has 0 aliphatic rings. The monoisotopic (exact) mass is 906 g/mol. The molecule has 11 heteroatoms. The molecule has 1 aromatic carbocycles. The average Bonchev–Trinajstić information content (AvgIpc) is 2.64. The summed E-state index contributed by atoms with van der Waals surface area (Å²) in [5, 5.41) is 0.463. The summed E-state index contributed by atoms with van der Waals surface area (Å²) in [4.78, 5) is 0. The molecule has 0 saturated carbocycles. The van der Waals surface area contributed by atoms with Crippen LogP contribution in [0.4, 0.5) is 0 Å². The van der Waals surface area contributed by atoms with Gasteiger partial charge in [-0.15, -0.1) is 11.1 Å². The predicted octanol–water partition coefficient (Wildman–Crippen LogP) is 13.1. The van der Waals surface area contributed by atoms with E-state index in [9.17, 15) is 0 Å². The lowest BCUT2D eigenvalue weighted by Crippen LogP contribution is -2.74. The molecule has 0 aromatic heterocycles. The fourth-order valence-corrected chi connectivity index (χ4v) is 75.2. The van der Waals surface area contributed by atoms with Crippen molar-refractivity contribution in [1.82, 2.24) is 0 Å².